The molecule has 84 valence electrons. The highest BCUT2D eigenvalue weighted by Gasteiger charge is 2.18. The first-order chi connectivity index (χ1) is 6.73. The molecule has 1 aromatic heterocycles. The van der Waals surface area contributed by atoms with Crippen LogP contribution in [0.25, 0.3) is 0 Å². The third-order valence-corrected chi connectivity index (χ3v) is 2.75. The molecule has 1 rings (SSSR count). The number of hydrogen-bond acceptors (Lipinski definition) is 3. The zero-order chi connectivity index (χ0) is 11.8. The SMILES string of the molecule is Cc1c(S(N)(=O)=O)[nH]c(C(F)F)cc1=O. The Kier molecular flexibility index (Phi) is 2.91. The molecule has 0 saturated heterocycles. The Morgan fingerprint density at radius 1 is 1.47 bits per heavy atom. The van der Waals surface area contributed by atoms with E-state index in [-0.39, 0.29) is 5.56 Å². The van der Waals surface area contributed by atoms with Crippen molar-refractivity contribution < 1.29 is 17.2 Å². The van der Waals surface area contributed by atoms with Crippen molar-refractivity contribution in [2.24, 2.45) is 5.14 Å². The summed E-state index contributed by atoms with van der Waals surface area (Å²) in [5, 5.41) is 4.08. The van der Waals surface area contributed by atoms with Crippen molar-refractivity contribution in [2.75, 3.05) is 0 Å². The minimum atomic E-state index is -4.20. The number of sulfonamides is 1. The lowest BCUT2D eigenvalue weighted by atomic mass is 10.2. The maximum atomic E-state index is 12.2. The molecule has 0 aliphatic carbocycles. The van der Waals surface area contributed by atoms with Crippen molar-refractivity contribution in [2.45, 2.75) is 18.4 Å². The molecule has 0 spiro atoms. The molecule has 0 aromatic carbocycles. The molecular formula is C7H8F2N2O3S. The van der Waals surface area contributed by atoms with Crippen LogP contribution in [0.2, 0.25) is 0 Å². The Morgan fingerprint density at radius 3 is 2.40 bits per heavy atom. The van der Waals surface area contributed by atoms with E-state index in [1.54, 1.807) is 0 Å². The molecule has 0 aliphatic rings. The molecule has 0 saturated carbocycles. The lowest BCUT2D eigenvalue weighted by Gasteiger charge is -2.06. The predicted octanol–water partition coefficient (Wildman–Crippen LogP) is 0.268. The van der Waals surface area contributed by atoms with Crippen LogP contribution in [0.1, 0.15) is 17.7 Å². The van der Waals surface area contributed by atoms with Gasteiger partial charge in [0.25, 0.3) is 16.4 Å². The standard InChI is InChI=1S/C7H8F2N2O3S/c1-3-5(12)2-4(6(8)9)11-7(3)15(10,13)14/h2,6H,1H3,(H,11,12)(H2,10,13,14). The smallest absolute Gasteiger partial charge is 0.278 e. The summed E-state index contributed by atoms with van der Waals surface area (Å²) in [6.07, 6.45) is -2.96. The number of halogens is 2. The number of primary sulfonamides is 1. The topological polar surface area (TPSA) is 93.0 Å². The molecule has 0 radical (unpaired) electrons. The minimum absolute atomic E-state index is 0.207. The molecule has 5 nitrogen and oxygen atoms in total. The van der Waals surface area contributed by atoms with Gasteiger partial charge in [0.05, 0.1) is 5.69 Å². The van der Waals surface area contributed by atoms with Gasteiger partial charge in [-0.25, -0.2) is 22.3 Å². The molecule has 0 unspecified atom stereocenters. The molecule has 15 heavy (non-hydrogen) atoms. The van der Waals surface area contributed by atoms with E-state index in [1.165, 1.54) is 6.92 Å². The summed E-state index contributed by atoms with van der Waals surface area (Å²) in [7, 11) is -4.20. The summed E-state index contributed by atoms with van der Waals surface area (Å²) >= 11 is 0. The fraction of sp³-hybridized carbons (Fsp3) is 0.286. The predicted molar refractivity (Wildman–Crippen MR) is 48.1 cm³/mol. The van der Waals surface area contributed by atoms with Gasteiger partial charge in [0.2, 0.25) is 0 Å². The Labute approximate surface area is 84.0 Å². The van der Waals surface area contributed by atoms with Gasteiger partial charge in [-0.15, -0.1) is 0 Å². The number of aromatic amines is 1. The zero-order valence-corrected chi connectivity index (χ0v) is 8.44. The highest BCUT2D eigenvalue weighted by Crippen LogP contribution is 2.17. The van der Waals surface area contributed by atoms with Crippen LogP contribution < -0.4 is 10.6 Å². The molecule has 1 heterocycles. The molecule has 0 amide bonds. The van der Waals surface area contributed by atoms with Crippen molar-refractivity contribution in [3.8, 4) is 0 Å². The fourth-order valence-corrected chi connectivity index (χ4v) is 1.81. The van der Waals surface area contributed by atoms with E-state index in [9.17, 15) is 22.0 Å². The number of nitrogens with two attached hydrogens (primary N) is 1. The van der Waals surface area contributed by atoms with Crippen LogP contribution in [0.15, 0.2) is 15.9 Å². The molecule has 0 fully saturated rings. The van der Waals surface area contributed by atoms with Crippen molar-refractivity contribution >= 4 is 10.0 Å². The lowest BCUT2D eigenvalue weighted by Crippen LogP contribution is -2.21. The second-order valence-electron chi connectivity index (χ2n) is 2.89. The molecule has 0 bridgehead atoms. The monoisotopic (exact) mass is 238 g/mol. The van der Waals surface area contributed by atoms with Gasteiger partial charge in [0, 0.05) is 11.6 Å². The Balaban J connectivity index is 3.60. The van der Waals surface area contributed by atoms with Crippen LogP contribution in [0.3, 0.4) is 0 Å². The molecule has 8 heteroatoms. The van der Waals surface area contributed by atoms with E-state index in [0.717, 1.165) is 0 Å². The van der Waals surface area contributed by atoms with Crippen LogP contribution >= 0.6 is 0 Å². The maximum absolute atomic E-state index is 12.2. The number of H-pyrrole nitrogens is 1. The lowest BCUT2D eigenvalue weighted by molar-refractivity contribution is 0.145. The summed E-state index contributed by atoms with van der Waals surface area (Å²) in [5.74, 6) is 0. The first-order valence-electron chi connectivity index (χ1n) is 3.78. The number of hydrogen-bond donors (Lipinski definition) is 2. The van der Waals surface area contributed by atoms with Crippen LogP contribution in [0.4, 0.5) is 8.78 Å². The van der Waals surface area contributed by atoms with Crippen molar-refractivity contribution in [1.29, 1.82) is 0 Å². The van der Waals surface area contributed by atoms with Gasteiger partial charge in [-0.3, -0.25) is 4.79 Å². The fourth-order valence-electron chi connectivity index (χ4n) is 1.02. The number of aromatic nitrogens is 1. The normalized spacial score (nSPS) is 12.1. The van der Waals surface area contributed by atoms with Gasteiger partial charge in [-0.1, -0.05) is 0 Å². The van der Waals surface area contributed by atoms with Crippen LogP contribution in [-0.2, 0) is 10.0 Å². The highest BCUT2D eigenvalue weighted by molar-refractivity contribution is 7.89. The van der Waals surface area contributed by atoms with Gasteiger partial charge in [-0.2, -0.15) is 0 Å². The third-order valence-electron chi connectivity index (χ3n) is 1.77. The van der Waals surface area contributed by atoms with E-state index in [2.05, 4.69) is 0 Å². The first kappa shape index (κ1) is 11.8. The summed E-state index contributed by atoms with van der Waals surface area (Å²) in [6.45, 7) is 1.19. The molecule has 1 aromatic rings. The number of rotatable bonds is 2. The van der Waals surface area contributed by atoms with Gasteiger partial charge in [-0.05, 0) is 6.92 Å². The first-order valence-corrected chi connectivity index (χ1v) is 5.33. The molecule has 0 atom stereocenters. The van der Waals surface area contributed by atoms with E-state index in [4.69, 9.17) is 5.14 Å². The van der Waals surface area contributed by atoms with Crippen LogP contribution in [-0.4, -0.2) is 13.4 Å². The van der Waals surface area contributed by atoms with Crippen molar-refractivity contribution in [1.82, 2.24) is 4.98 Å². The Hall–Kier alpha value is -1.28. The van der Waals surface area contributed by atoms with Gasteiger partial charge >= 0.3 is 0 Å². The van der Waals surface area contributed by atoms with E-state index >= 15 is 0 Å². The van der Waals surface area contributed by atoms with E-state index < -0.39 is 32.6 Å². The van der Waals surface area contributed by atoms with Gasteiger partial charge in [0.1, 0.15) is 0 Å². The molecule has 0 aliphatic heterocycles. The average molecular weight is 238 g/mol. The van der Waals surface area contributed by atoms with Crippen LogP contribution in [0.5, 0.6) is 0 Å². The maximum Gasteiger partial charge on any atom is 0.278 e. The summed E-state index contributed by atoms with van der Waals surface area (Å²) < 4.78 is 46.4. The third kappa shape index (κ3) is 2.39. The second-order valence-corrected chi connectivity index (χ2v) is 4.39. The minimum Gasteiger partial charge on any atom is -0.343 e. The number of alkyl halides is 2. The molecule has 3 N–H and O–H groups in total. The summed E-state index contributed by atoms with van der Waals surface area (Å²) in [4.78, 5) is 13.1. The van der Waals surface area contributed by atoms with Gasteiger partial charge < -0.3 is 4.98 Å². The van der Waals surface area contributed by atoms with E-state index in [0.29, 0.717) is 6.07 Å². The highest BCUT2D eigenvalue weighted by atomic mass is 32.2. The Morgan fingerprint density at radius 2 is 2.00 bits per heavy atom. The average Bonchev–Trinajstić information content (AvgIpc) is 2.06. The number of pyridine rings is 1. The number of nitrogens with one attached hydrogen (secondary N) is 1. The zero-order valence-electron chi connectivity index (χ0n) is 7.62. The Bertz CT molecular complexity index is 536. The molecular weight excluding hydrogens is 230 g/mol. The van der Waals surface area contributed by atoms with Gasteiger partial charge in [0.15, 0.2) is 10.5 Å². The van der Waals surface area contributed by atoms with Crippen molar-refractivity contribution in [3.05, 3.63) is 27.5 Å². The van der Waals surface area contributed by atoms with E-state index in [1.807, 2.05) is 4.98 Å². The summed E-state index contributed by atoms with van der Waals surface area (Å²) in [5.41, 5.74) is -1.77. The quantitative estimate of drug-likeness (QED) is 0.774. The summed E-state index contributed by atoms with van der Waals surface area (Å²) in [6, 6.07) is 0.648. The second kappa shape index (κ2) is 3.70. The van der Waals surface area contributed by atoms with Crippen LogP contribution in [0, 0.1) is 6.92 Å². The largest absolute Gasteiger partial charge is 0.343 e. The van der Waals surface area contributed by atoms with Crippen molar-refractivity contribution in [3.63, 3.8) is 0 Å².